The summed E-state index contributed by atoms with van der Waals surface area (Å²) in [5, 5.41) is 4.22. The summed E-state index contributed by atoms with van der Waals surface area (Å²) in [4.78, 5) is 12.4. The quantitative estimate of drug-likeness (QED) is 0.733. The molecule has 0 spiro atoms. The normalized spacial score (nSPS) is 28.6. The number of hydrogen-bond acceptors (Lipinski definition) is 3. The molecule has 1 aromatic rings. The monoisotopic (exact) mass is 384 g/mol. The molecule has 2 unspecified atom stereocenters. The minimum absolute atomic E-state index is 0.112. The minimum Gasteiger partial charge on any atom is -0.375 e. The van der Waals surface area contributed by atoms with Crippen molar-refractivity contribution in [3.8, 4) is 0 Å². The molecule has 1 aromatic carbocycles. The summed E-state index contributed by atoms with van der Waals surface area (Å²) in [5.41, 5.74) is 7.19. The molecule has 3 rings (SSSR count). The van der Waals surface area contributed by atoms with E-state index in [-0.39, 0.29) is 11.8 Å². The predicted octanol–water partition coefficient (Wildman–Crippen LogP) is 3.78. The molecule has 0 aliphatic heterocycles. The number of ether oxygens (including phenoxy) is 1. The summed E-state index contributed by atoms with van der Waals surface area (Å²) in [5.74, 6) is 1.30. The smallest absolute Gasteiger partial charge is 0.223 e. The molecule has 0 saturated heterocycles. The van der Waals surface area contributed by atoms with E-state index in [2.05, 4.69) is 5.32 Å². The second-order valence-electron chi connectivity index (χ2n) is 7.28. The zero-order valence-electron chi connectivity index (χ0n) is 14.3. The zero-order chi connectivity index (χ0) is 17.8. The minimum atomic E-state index is 0.112. The maximum atomic E-state index is 12.4. The second kappa shape index (κ2) is 8.72. The van der Waals surface area contributed by atoms with Crippen LogP contribution in [-0.4, -0.2) is 25.1 Å². The van der Waals surface area contributed by atoms with Gasteiger partial charge in [0.15, 0.2) is 0 Å². The van der Waals surface area contributed by atoms with Gasteiger partial charge in [0.25, 0.3) is 0 Å². The third-order valence-corrected chi connectivity index (χ3v) is 6.19. The Morgan fingerprint density at radius 3 is 2.64 bits per heavy atom. The van der Waals surface area contributed by atoms with Crippen molar-refractivity contribution in [1.82, 2.24) is 5.32 Å². The first kappa shape index (κ1) is 19.0. The maximum Gasteiger partial charge on any atom is 0.223 e. The largest absolute Gasteiger partial charge is 0.375 e. The first-order valence-electron chi connectivity index (χ1n) is 9.09. The number of carbonyl (C=O) groups is 1. The van der Waals surface area contributed by atoms with Gasteiger partial charge in [0.2, 0.25) is 5.91 Å². The molecule has 0 radical (unpaired) electrons. The van der Waals surface area contributed by atoms with Crippen LogP contribution in [0.25, 0.3) is 0 Å². The van der Waals surface area contributed by atoms with Gasteiger partial charge in [0, 0.05) is 28.5 Å². The lowest BCUT2D eigenvalue weighted by Gasteiger charge is -2.43. The maximum absolute atomic E-state index is 12.4. The molecule has 3 N–H and O–H groups in total. The van der Waals surface area contributed by atoms with E-state index in [1.54, 1.807) is 12.1 Å². The summed E-state index contributed by atoms with van der Waals surface area (Å²) in [7, 11) is 0. The Labute approximate surface area is 159 Å². The van der Waals surface area contributed by atoms with Crippen molar-refractivity contribution in [2.75, 3.05) is 13.2 Å². The van der Waals surface area contributed by atoms with Crippen LogP contribution in [0.2, 0.25) is 10.0 Å². The van der Waals surface area contributed by atoms with Gasteiger partial charge in [-0.15, -0.1) is 0 Å². The fraction of sp³-hybridized carbons (Fsp3) is 0.632. The van der Waals surface area contributed by atoms with E-state index in [0.717, 1.165) is 18.4 Å². The molecule has 2 aliphatic rings. The van der Waals surface area contributed by atoms with Gasteiger partial charge in [-0.3, -0.25) is 4.79 Å². The molecular weight excluding hydrogens is 359 g/mol. The predicted molar refractivity (Wildman–Crippen MR) is 101 cm³/mol. The molecule has 138 valence electrons. The highest BCUT2D eigenvalue weighted by Gasteiger charge is 2.40. The van der Waals surface area contributed by atoms with Gasteiger partial charge in [-0.2, -0.15) is 0 Å². The van der Waals surface area contributed by atoms with Crippen LogP contribution < -0.4 is 11.1 Å². The number of benzene rings is 1. The summed E-state index contributed by atoms with van der Waals surface area (Å²) < 4.78 is 5.61. The highest BCUT2D eigenvalue weighted by molar-refractivity contribution is 6.35. The van der Waals surface area contributed by atoms with Gasteiger partial charge in [0.1, 0.15) is 0 Å². The van der Waals surface area contributed by atoms with E-state index in [1.165, 1.54) is 19.3 Å². The van der Waals surface area contributed by atoms with Crippen LogP contribution >= 0.6 is 23.2 Å². The number of nitrogens with two attached hydrogens (primary N) is 1. The molecule has 25 heavy (non-hydrogen) atoms. The van der Waals surface area contributed by atoms with Gasteiger partial charge >= 0.3 is 0 Å². The Morgan fingerprint density at radius 1 is 1.24 bits per heavy atom. The van der Waals surface area contributed by atoms with E-state index in [4.69, 9.17) is 33.7 Å². The van der Waals surface area contributed by atoms with Crippen LogP contribution in [0, 0.1) is 17.8 Å². The lowest BCUT2D eigenvalue weighted by atomic mass is 9.65. The zero-order valence-corrected chi connectivity index (χ0v) is 15.9. The van der Waals surface area contributed by atoms with Crippen LogP contribution in [0.15, 0.2) is 18.2 Å². The second-order valence-corrected chi connectivity index (χ2v) is 8.12. The van der Waals surface area contributed by atoms with Gasteiger partial charge in [-0.25, -0.2) is 0 Å². The number of halogens is 2. The molecule has 0 heterocycles. The number of fused-ring (bicyclic) bond motifs is 2. The third kappa shape index (κ3) is 4.88. The third-order valence-electron chi connectivity index (χ3n) is 5.60. The summed E-state index contributed by atoms with van der Waals surface area (Å²) in [6, 6.07) is 5.64. The van der Waals surface area contributed by atoms with Gasteiger partial charge in [-0.05, 0) is 55.2 Å². The summed E-state index contributed by atoms with van der Waals surface area (Å²) in [6.07, 6.45) is 5.48. The van der Waals surface area contributed by atoms with Crippen molar-refractivity contribution in [2.24, 2.45) is 23.5 Å². The van der Waals surface area contributed by atoms with Crippen molar-refractivity contribution in [3.05, 3.63) is 33.8 Å². The van der Waals surface area contributed by atoms with Gasteiger partial charge in [0.05, 0.1) is 13.2 Å². The number of amides is 1. The van der Waals surface area contributed by atoms with E-state index < -0.39 is 0 Å². The summed E-state index contributed by atoms with van der Waals surface area (Å²) >= 11 is 12.0. The average molecular weight is 385 g/mol. The van der Waals surface area contributed by atoms with Crippen LogP contribution in [0.4, 0.5) is 0 Å². The molecule has 1 amide bonds. The molecule has 4 nitrogen and oxygen atoms in total. The van der Waals surface area contributed by atoms with E-state index >= 15 is 0 Å². The molecule has 6 heteroatoms. The van der Waals surface area contributed by atoms with Gasteiger partial charge in [-0.1, -0.05) is 35.7 Å². The fourth-order valence-corrected chi connectivity index (χ4v) is 4.68. The Bertz CT molecular complexity index is 597. The van der Waals surface area contributed by atoms with E-state index in [0.29, 0.717) is 47.7 Å². The molecule has 2 bridgehead atoms. The summed E-state index contributed by atoms with van der Waals surface area (Å²) in [6.45, 7) is 1.39. The topological polar surface area (TPSA) is 64.4 Å². The fourth-order valence-electron chi connectivity index (χ4n) is 4.21. The lowest BCUT2D eigenvalue weighted by Crippen LogP contribution is -2.49. The van der Waals surface area contributed by atoms with Crippen LogP contribution in [0.5, 0.6) is 0 Å². The van der Waals surface area contributed by atoms with E-state index in [9.17, 15) is 4.79 Å². The van der Waals surface area contributed by atoms with E-state index in [1.807, 2.05) is 6.07 Å². The van der Waals surface area contributed by atoms with Gasteiger partial charge < -0.3 is 15.8 Å². The van der Waals surface area contributed by atoms with Crippen LogP contribution in [0.1, 0.15) is 37.7 Å². The van der Waals surface area contributed by atoms with Crippen LogP contribution in [0.3, 0.4) is 0 Å². The Morgan fingerprint density at radius 2 is 1.96 bits per heavy atom. The van der Waals surface area contributed by atoms with Crippen molar-refractivity contribution in [2.45, 2.75) is 44.8 Å². The van der Waals surface area contributed by atoms with Crippen molar-refractivity contribution in [1.29, 1.82) is 0 Å². The Kier molecular flexibility index (Phi) is 6.61. The Hall–Kier alpha value is -0.810. The highest BCUT2D eigenvalue weighted by Crippen LogP contribution is 2.41. The first-order chi connectivity index (χ1) is 12.0. The first-order valence-corrected chi connectivity index (χ1v) is 9.85. The SMILES string of the molecule is NC1C2CCCC1CC(C(=O)NCCOCc1ccc(Cl)cc1Cl)C2. The van der Waals surface area contributed by atoms with Crippen molar-refractivity contribution >= 4 is 29.1 Å². The van der Waals surface area contributed by atoms with Crippen LogP contribution in [-0.2, 0) is 16.1 Å². The number of carbonyl (C=O) groups excluding carboxylic acids is 1. The number of rotatable bonds is 6. The Balaban J connectivity index is 1.37. The molecule has 0 aromatic heterocycles. The number of hydrogen-bond donors (Lipinski definition) is 2. The lowest BCUT2D eigenvalue weighted by molar-refractivity contribution is -0.128. The molecular formula is C19H26Cl2N2O2. The highest BCUT2D eigenvalue weighted by atomic mass is 35.5. The number of nitrogens with one attached hydrogen (secondary N) is 1. The molecule has 2 saturated carbocycles. The molecule has 2 aliphatic carbocycles. The molecule has 2 atom stereocenters. The molecule has 2 fully saturated rings. The standard InChI is InChI=1S/C19H26Cl2N2O2/c20-16-5-4-14(17(21)10-16)11-25-7-6-23-19(24)15-8-12-2-1-3-13(9-15)18(12)22/h4-5,10,12-13,15,18H,1-3,6-9,11,22H2,(H,23,24). The van der Waals surface area contributed by atoms with Crippen molar-refractivity contribution < 1.29 is 9.53 Å². The van der Waals surface area contributed by atoms with Crippen molar-refractivity contribution in [3.63, 3.8) is 0 Å². The average Bonchev–Trinajstić information content (AvgIpc) is 2.56.